The number of hydrogen-bond donors (Lipinski definition) is 1. The zero-order valence-corrected chi connectivity index (χ0v) is 13.3. The Morgan fingerprint density at radius 1 is 1.27 bits per heavy atom. The molecule has 1 aromatic rings. The zero-order chi connectivity index (χ0) is 15.5. The van der Waals surface area contributed by atoms with Gasteiger partial charge in [0.15, 0.2) is 11.5 Å². The highest BCUT2D eigenvalue weighted by Gasteiger charge is 2.37. The fraction of sp³-hybridized carbons (Fsp3) is 0.588. The van der Waals surface area contributed by atoms with Crippen LogP contribution in [0.2, 0.25) is 0 Å². The van der Waals surface area contributed by atoms with Crippen LogP contribution in [0, 0.1) is 5.92 Å². The van der Waals surface area contributed by atoms with Crippen molar-refractivity contribution in [2.45, 2.75) is 25.8 Å². The average molecular weight is 304 g/mol. The van der Waals surface area contributed by atoms with Gasteiger partial charge in [-0.15, -0.1) is 0 Å². The predicted octanol–water partition coefficient (Wildman–Crippen LogP) is 1.98. The van der Waals surface area contributed by atoms with E-state index in [2.05, 4.69) is 16.3 Å². The lowest BCUT2D eigenvalue weighted by molar-refractivity contribution is -0.132. The molecule has 1 aromatic carbocycles. The Morgan fingerprint density at radius 2 is 2.00 bits per heavy atom. The number of ether oxygens (including phenoxy) is 2. The minimum absolute atomic E-state index is 0.327. The third-order valence-electron chi connectivity index (χ3n) is 4.40. The van der Waals surface area contributed by atoms with E-state index in [4.69, 9.17) is 9.47 Å². The Hall–Kier alpha value is -1.59. The highest BCUT2D eigenvalue weighted by Crippen LogP contribution is 2.46. The molecule has 0 amide bonds. The minimum Gasteiger partial charge on any atom is -0.493 e. The maximum atomic E-state index is 11.2. The van der Waals surface area contributed by atoms with E-state index in [1.54, 1.807) is 7.11 Å². The van der Waals surface area contributed by atoms with Crippen molar-refractivity contribution in [2.24, 2.45) is 5.92 Å². The van der Waals surface area contributed by atoms with Gasteiger partial charge >= 0.3 is 5.97 Å². The molecule has 2 fully saturated rings. The Bertz CT molecular complexity index is 537. The molecule has 3 rings (SSSR count). The van der Waals surface area contributed by atoms with Gasteiger partial charge in [0.05, 0.1) is 7.11 Å². The minimum atomic E-state index is -0.327. The van der Waals surface area contributed by atoms with Gasteiger partial charge in [-0.2, -0.15) is 0 Å². The fourth-order valence-corrected chi connectivity index (χ4v) is 3.26. The van der Waals surface area contributed by atoms with Gasteiger partial charge in [-0.1, -0.05) is 6.07 Å². The molecule has 2 aliphatic rings. The van der Waals surface area contributed by atoms with Crippen molar-refractivity contribution in [1.82, 2.24) is 10.2 Å². The van der Waals surface area contributed by atoms with Crippen molar-refractivity contribution in [2.75, 3.05) is 33.3 Å². The summed E-state index contributed by atoms with van der Waals surface area (Å²) in [7, 11) is 1.61. The summed E-state index contributed by atoms with van der Waals surface area (Å²) < 4.78 is 10.6. The number of rotatable bonds is 5. The second-order valence-corrected chi connectivity index (χ2v) is 6.07. The van der Waals surface area contributed by atoms with E-state index in [0.29, 0.717) is 17.5 Å². The number of carbonyl (C=O) groups is 1. The zero-order valence-electron chi connectivity index (χ0n) is 13.3. The number of nitrogens with zero attached hydrogens (tertiary/aromatic N) is 1. The van der Waals surface area contributed by atoms with Gasteiger partial charge in [-0.25, -0.2) is 0 Å². The van der Waals surface area contributed by atoms with E-state index < -0.39 is 0 Å². The molecule has 22 heavy (non-hydrogen) atoms. The van der Waals surface area contributed by atoms with Crippen LogP contribution in [-0.2, 0) is 4.79 Å². The van der Waals surface area contributed by atoms with Crippen LogP contribution in [0.15, 0.2) is 18.2 Å². The van der Waals surface area contributed by atoms with Gasteiger partial charge in [-0.05, 0) is 36.5 Å². The molecule has 1 saturated carbocycles. The number of benzene rings is 1. The summed E-state index contributed by atoms with van der Waals surface area (Å²) in [5.74, 6) is 1.54. The van der Waals surface area contributed by atoms with Crippen LogP contribution in [0.25, 0.3) is 0 Å². The first kappa shape index (κ1) is 15.3. The van der Waals surface area contributed by atoms with E-state index in [9.17, 15) is 4.79 Å². The van der Waals surface area contributed by atoms with Crippen LogP contribution in [0.4, 0.5) is 0 Å². The molecule has 5 nitrogen and oxygen atoms in total. The molecule has 1 aliphatic carbocycles. The van der Waals surface area contributed by atoms with Gasteiger partial charge in [-0.3, -0.25) is 9.69 Å². The summed E-state index contributed by atoms with van der Waals surface area (Å²) in [6, 6.07) is 6.41. The van der Waals surface area contributed by atoms with Gasteiger partial charge in [0, 0.05) is 39.1 Å². The Labute approximate surface area is 131 Å². The van der Waals surface area contributed by atoms with Crippen molar-refractivity contribution in [3.05, 3.63) is 23.8 Å². The summed E-state index contributed by atoms with van der Waals surface area (Å²) in [5.41, 5.74) is 1.26. The Kier molecular flexibility index (Phi) is 4.64. The van der Waals surface area contributed by atoms with Crippen molar-refractivity contribution < 1.29 is 14.3 Å². The summed E-state index contributed by atoms with van der Waals surface area (Å²) in [5, 5.41) is 3.41. The molecule has 1 aliphatic heterocycles. The van der Waals surface area contributed by atoms with Crippen molar-refractivity contribution >= 4 is 5.97 Å². The molecular weight excluding hydrogens is 280 g/mol. The lowest BCUT2D eigenvalue weighted by Crippen LogP contribution is -2.45. The summed E-state index contributed by atoms with van der Waals surface area (Å²) in [4.78, 5) is 13.7. The number of nitrogens with one attached hydrogen (secondary N) is 1. The molecule has 0 aromatic heterocycles. The monoisotopic (exact) mass is 304 g/mol. The molecule has 1 N–H and O–H groups in total. The maximum Gasteiger partial charge on any atom is 0.308 e. The van der Waals surface area contributed by atoms with Crippen LogP contribution < -0.4 is 14.8 Å². The van der Waals surface area contributed by atoms with E-state index in [1.165, 1.54) is 25.3 Å². The van der Waals surface area contributed by atoms with Gasteiger partial charge in [0.25, 0.3) is 0 Å². The van der Waals surface area contributed by atoms with Crippen LogP contribution >= 0.6 is 0 Å². The topological polar surface area (TPSA) is 50.8 Å². The predicted molar refractivity (Wildman–Crippen MR) is 84.2 cm³/mol. The number of esters is 1. The van der Waals surface area contributed by atoms with Gasteiger partial charge in [0.2, 0.25) is 0 Å². The maximum absolute atomic E-state index is 11.2. The fourth-order valence-electron chi connectivity index (χ4n) is 3.26. The molecule has 1 heterocycles. The first-order valence-electron chi connectivity index (χ1n) is 8.00. The summed E-state index contributed by atoms with van der Waals surface area (Å²) in [6.45, 7) is 5.66. The van der Waals surface area contributed by atoms with Crippen LogP contribution in [0.5, 0.6) is 11.5 Å². The lowest BCUT2D eigenvalue weighted by atomic mass is 9.99. The molecular formula is C17H24N2O3. The van der Waals surface area contributed by atoms with E-state index in [1.807, 2.05) is 12.1 Å². The first-order valence-corrected chi connectivity index (χ1v) is 8.00. The second-order valence-electron chi connectivity index (χ2n) is 6.07. The smallest absolute Gasteiger partial charge is 0.308 e. The standard InChI is InChI=1S/C17H24N2O3/c1-12(20)22-15-6-5-14(11-16(15)21-2)17(13-3-4-13)19-9-7-18-8-10-19/h5-6,11,13,17-18H,3-4,7-10H2,1-2H3/t17-/m0/s1. The number of carbonyl (C=O) groups excluding carboxylic acids is 1. The molecule has 0 unspecified atom stereocenters. The number of methoxy groups -OCH3 is 1. The molecule has 0 radical (unpaired) electrons. The third kappa shape index (κ3) is 3.42. The summed E-state index contributed by atoms with van der Waals surface area (Å²) >= 11 is 0. The highest BCUT2D eigenvalue weighted by molar-refractivity contribution is 5.70. The SMILES string of the molecule is COc1cc([C@H](C2CC2)N2CCNCC2)ccc1OC(C)=O. The first-order chi connectivity index (χ1) is 10.7. The molecule has 1 saturated heterocycles. The Balaban J connectivity index is 1.85. The van der Waals surface area contributed by atoms with Crippen molar-refractivity contribution in [1.29, 1.82) is 0 Å². The van der Waals surface area contributed by atoms with Crippen LogP contribution in [-0.4, -0.2) is 44.2 Å². The molecule has 1 atom stereocenters. The van der Waals surface area contributed by atoms with Crippen LogP contribution in [0.1, 0.15) is 31.4 Å². The van der Waals surface area contributed by atoms with Crippen molar-refractivity contribution in [3.8, 4) is 11.5 Å². The third-order valence-corrected chi connectivity index (χ3v) is 4.40. The second kappa shape index (κ2) is 6.67. The quantitative estimate of drug-likeness (QED) is 0.666. The van der Waals surface area contributed by atoms with Gasteiger partial charge in [0.1, 0.15) is 0 Å². The summed E-state index contributed by atoms with van der Waals surface area (Å²) in [6.07, 6.45) is 2.59. The molecule has 0 spiro atoms. The molecule has 5 heteroatoms. The number of hydrogen-bond acceptors (Lipinski definition) is 5. The normalized spacial score (nSPS) is 20.5. The average Bonchev–Trinajstić information content (AvgIpc) is 3.34. The number of piperazine rings is 1. The lowest BCUT2D eigenvalue weighted by Gasteiger charge is -2.35. The van der Waals surface area contributed by atoms with E-state index in [-0.39, 0.29) is 5.97 Å². The van der Waals surface area contributed by atoms with Crippen LogP contribution in [0.3, 0.4) is 0 Å². The van der Waals surface area contributed by atoms with Gasteiger partial charge < -0.3 is 14.8 Å². The largest absolute Gasteiger partial charge is 0.493 e. The van der Waals surface area contributed by atoms with E-state index in [0.717, 1.165) is 32.1 Å². The highest BCUT2D eigenvalue weighted by atomic mass is 16.6. The molecule has 120 valence electrons. The van der Waals surface area contributed by atoms with E-state index >= 15 is 0 Å². The molecule has 0 bridgehead atoms. The Morgan fingerprint density at radius 3 is 2.59 bits per heavy atom. The van der Waals surface area contributed by atoms with Crippen molar-refractivity contribution in [3.63, 3.8) is 0 Å².